The van der Waals surface area contributed by atoms with E-state index in [2.05, 4.69) is 25.1 Å². The van der Waals surface area contributed by atoms with Gasteiger partial charge in [-0.3, -0.25) is 4.90 Å². The maximum Gasteiger partial charge on any atom is 0.413 e. The molecule has 1 aromatic rings. The van der Waals surface area contributed by atoms with E-state index in [1.54, 1.807) is 4.90 Å². The van der Waals surface area contributed by atoms with Gasteiger partial charge in [-0.1, -0.05) is 43.3 Å². The van der Waals surface area contributed by atoms with Gasteiger partial charge in [0.05, 0.1) is 7.11 Å². The van der Waals surface area contributed by atoms with Gasteiger partial charge in [0, 0.05) is 17.7 Å². The van der Waals surface area contributed by atoms with E-state index in [0.29, 0.717) is 6.54 Å². The van der Waals surface area contributed by atoms with Crippen LogP contribution in [-0.4, -0.2) is 24.6 Å². The number of ether oxygens (including phenoxy) is 1. The molecule has 0 fully saturated rings. The Morgan fingerprint density at radius 3 is 2.59 bits per heavy atom. The monoisotopic (exact) mass is 231 g/mol. The van der Waals surface area contributed by atoms with E-state index in [9.17, 15) is 4.79 Å². The van der Waals surface area contributed by atoms with Gasteiger partial charge in [-0.05, 0) is 12.5 Å². The number of hydrogen-bond donors (Lipinski definition) is 0. The quantitative estimate of drug-likeness (QED) is 0.743. The van der Waals surface area contributed by atoms with E-state index in [1.165, 1.54) is 12.7 Å². The third-order valence-electron chi connectivity index (χ3n) is 3.27. The summed E-state index contributed by atoms with van der Waals surface area (Å²) in [6.07, 6.45) is 1.83. The summed E-state index contributed by atoms with van der Waals surface area (Å²) in [7, 11) is 1.41. The molecule has 3 heteroatoms. The van der Waals surface area contributed by atoms with Gasteiger partial charge in [-0.15, -0.1) is 0 Å². The highest BCUT2D eigenvalue weighted by atomic mass is 16.5. The Morgan fingerprint density at radius 2 is 2.00 bits per heavy atom. The van der Waals surface area contributed by atoms with E-state index in [-0.39, 0.29) is 11.5 Å². The molecule has 0 N–H and O–H groups in total. The second-order valence-corrected chi connectivity index (χ2v) is 4.63. The highest BCUT2D eigenvalue weighted by molar-refractivity contribution is 5.71. The molecule has 1 unspecified atom stereocenters. The summed E-state index contributed by atoms with van der Waals surface area (Å²) in [4.78, 5) is 13.3. The summed E-state index contributed by atoms with van der Waals surface area (Å²) in [5.41, 5.74) is 2.04. The van der Waals surface area contributed by atoms with Crippen LogP contribution in [0.2, 0.25) is 0 Å². The van der Waals surface area contributed by atoms with Crippen LogP contribution in [0.3, 0.4) is 0 Å². The SMILES string of the molecule is COC(=O)N1CC(C)(c2ccccc2)C=C1C. The minimum absolute atomic E-state index is 0.125. The first-order chi connectivity index (χ1) is 8.07. The first kappa shape index (κ1) is 11.7. The van der Waals surface area contributed by atoms with Crippen molar-refractivity contribution in [2.75, 3.05) is 13.7 Å². The van der Waals surface area contributed by atoms with E-state index < -0.39 is 0 Å². The van der Waals surface area contributed by atoms with Gasteiger partial charge < -0.3 is 4.74 Å². The summed E-state index contributed by atoms with van der Waals surface area (Å²) < 4.78 is 4.78. The second-order valence-electron chi connectivity index (χ2n) is 4.63. The first-order valence-corrected chi connectivity index (χ1v) is 5.67. The lowest BCUT2D eigenvalue weighted by Crippen LogP contribution is -2.34. The lowest BCUT2D eigenvalue weighted by Gasteiger charge is -2.25. The standard InChI is InChI=1S/C14H17NO2/c1-11-9-14(2,10-15(11)13(16)17-3)12-7-5-4-6-8-12/h4-9H,10H2,1-3H3. The third kappa shape index (κ3) is 2.05. The van der Waals surface area contributed by atoms with Crippen molar-refractivity contribution in [1.29, 1.82) is 0 Å². The molecule has 0 aromatic heterocycles. The van der Waals surface area contributed by atoms with Crippen LogP contribution in [0.15, 0.2) is 42.1 Å². The van der Waals surface area contributed by atoms with Crippen LogP contribution in [0.4, 0.5) is 4.79 Å². The Labute approximate surface area is 102 Å². The van der Waals surface area contributed by atoms with E-state index in [4.69, 9.17) is 4.74 Å². The minimum Gasteiger partial charge on any atom is -0.452 e. The molecule has 1 aromatic carbocycles. The molecule has 1 aliphatic heterocycles. The topological polar surface area (TPSA) is 29.5 Å². The fourth-order valence-corrected chi connectivity index (χ4v) is 2.35. The lowest BCUT2D eigenvalue weighted by atomic mass is 9.83. The Morgan fingerprint density at radius 1 is 1.35 bits per heavy atom. The zero-order chi connectivity index (χ0) is 12.5. The zero-order valence-electron chi connectivity index (χ0n) is 10.4. The van der Waals surface area contributed by atoms with Crippen LogP contribution in [0, 0.1) is 0 Å². The summed E-state index contributed by atoms with van der Waals surface area (Å²) in [5, 5.41) is 0. The van der Waals surface area contributed by atoms with Crippen LogP contribution in [0.5, 0.6) is 0 Å². The lowest BCUT2D eigenvalue weighted by molar-refractivity contribution is 0.135. The summed E-state index contributed by atoms with van der Waals surface area (Å²) >= 11 is 0. The molecule has 17 heavy (non-hydrogen) atoms. The molecule has 0 saturated carbocycles. The highest BCUT2D eigenvalue weighted by Crippen LogP contribution is 2.34. The van der Waals surface area contributed by atoms with Crippen LogP contribution in [0.1, 0.15) is 19.4 Å². The molecule has 1 atom stereocenters. The highest BCUT2D eigenvalue weighted by Gasteiger charge is 2.36. The fraction of sp³-hybridized carbons (Fsp3) is 0.357. The molecule has 1 heterocycles. The van der Waals surface area contributed by atoms with Crippen LogP contribution >= 0.6 is 0 Å². The molecule has 0 bridgehead atoms. The molecule has 1 aliphatic rings. The van der Waals surface area contributed by atoms with Crippen molar-refractivity contribution in [3.05, 3.63) is 47.7 Å². The maximum absolute atomic E-state index is 11.6. The van der Waals surface area contributed by atoms with E-state index in [1.807, 2.05) is 25.1 Å². The van der Waals surface area contributed by atoms with Gasteiger partial charge in [0.15, 0.2) is 0 Å². The fourth-order valence-electron chi connectivity index (χ4n) is 2.35. The zero-order valence-corrected chi connectivity index (χ0v) is 10.4. The van der Waals surface area contributed by atoms with Crippen molar-refractivity contribution in [3.63, 3.8) is 0 Å². The van der Waals surface area contributed by atoms with Crippen molar-refractivity contribution in [3.8, 4) is 0 Å². The van der Waals surface area contributed by atoms with E-state index >= 15 is 0 Å². The predicted octanol–water partition coefficient (Wildman–Crippen LogP) is 2.93. The molecule has 2 rings (SSSR count). The average molecular weight is 231 g/mol. The van der Waals surface area contributed by atoms with Crippen molar-refractivity contribution >= 4 is 6.09 Å². The average Bonchev–Trinajstić information content (AvgIpc) is 2.66. The van der Waals surface area contributed by atoms with Gasteiger partial charge in [-0.25, -0.2) is 4.79 Å². The molecular formula is C14H17NO2. The molecule has 0 spiro atoms. The number of rotatable bonds is 1. The van der Waals surface area contributed by atoms with Crippen LogP contribution < -0.4 is 0 Å². The number of benzene rings is 1. The van der Waals surface area contributed by atoms with Crippen molar-refractivity contribution in [2.45, 2.75) is 19.3 Å². The predicted molar refractivity (Wildman–Crippen MR) is 66.7 cm³/mol. The number of carbonyl (C=O) groups excluding carboxylic acids is 1. The van der Waals surface area contributed by atoms with Gasteiger partial charge in [0.25, 0.3) is 0 Å². The summed E-state index contributed by atoms with van der Waals surface area (Å²) in [6.45, 7) is 4.70. The number of hydrogen-bond acceptors (Lipinski definition) is 2. The summed E-state index contributed by atoms with van der Waals surface area (Å²) in [5.74, 6) is 0. The van der Waals surface area contributed by atoms with Gasteiger partial charge in [0.1, 0.15) is 0 Å². The summed E-state index contributed by atoms with van der Waals surface area (Å²) in [6, 6.07) is 10.2. The smallest absolute Gasteiger partial charge is 0.413 e. The number of amides is 1. The molecule has 3 nitrogen and oxygen atoms in total. The Bertz CT molecular complexity index is 453. The van der Waals surface area contributed by atoms with Crippen molar-refractivity contribution in [1.82, 2.24) is 4.90 Å². The first-order valence-electron chi connectivity index (χ1n) is 5.67. The number of nitrogens with zero attached hydrogens (tertiary/aromatic N) is 1. The Kier molecular flexibility index (Phi) is 2.92. The second kappa shape index (κ2) is 4.24. The molecule has 0 aliphatic carbocycles. The largest absolute Gasteiger partial charge is 0.452 e. The molecule has 0 saturated heterocycles. The third-order valence-corrected chi connectivity index (χ3v) is 3.27. The molecular weight excluding hydrogens is 214 g/mol. The van der Waals surface area contributed by atoms with Gasteiger partial charge in [0.2, 0.25) is 0 Å². The van der Waals surface area contributed by atoms with E-state index in [0.717, 1.165) is 5.70 Å². The number of methoxy groups -OCH3 is 1. The van der Waals surface area contributed by atoms with Gasteiger partial charge in [-0.2, -0.15) is 0 Å². The maximum atomic E-state index is 11.6. The van der Waals surface area contributed by atoms with Crippen LogP contribution in [0.25, 0.3) is 0 Å². The van der Waals surface area contributed by atoms with Crippen molar-refractivity contribution in [2.24, 2.45) is 0 Å². The Balaban J connectivity index is 2.29. The number of carbonyl (C=O) groups is 1. The van der Waals surface area contributed by atoms with Gasteiger partial charge >= 0.3 is 6.09 Å². The normalized spacial score (nSPS) is 23.5. The number of allylic oxidation sites excluding steroid dienone is 1. The molecule has 0 radical (unpaired) electrons. The van der Waals surface area contributed by atoms with Crippen LogP contribution in [-0.2, 0) is 10.2 Å². The van der Waals surface area contributed by atoms with Crippen molar-refractivity contribution < 1.29 is 9.53 Å². The molecule has 1 amide bonds. The molecule has 90 valence electrons. The Hall–Kier alpha value is -1.77. The minimum atomic E-state index is -0.293.